The molecule has 0 amide bonds. The minimum Gasteiger partial charge on any atom is -0.353 e. The SMILES string of the molecule is CCC(C)N(CC)c1ncc(C)cc1Br. The fourth-order valence-electron chi connectivity index (χ4n) is 1.63. The molecule has 0 aliphatic rings. The van der Waals surface area contributed by atoms with Gasteiger partial charge in [0, 0.05) is 18.8 Å². The van der Waals surface area contributed by atoms with E-state index in [-0.39, 0.29) is 0 Å². The Morgan fingerprint density at radius 3 is 2.60 bits per heavy atom. The maximum absolute atomic E-state index is 4.50. The van der Waals surface area contributed by atoms with Gasteiger partial charge in [0.25, 0.3) is 0 Å². The van der Waals surface area contributed by atoms with Crippen LogP contribution in [0.2, 0.25) is 0 Å². The van der Waals surface area contributed by atoms with Gasteiger partial charge in [-0.25, -0.2) is 4.98 Å². The van der Waals surface area contributed by atoms with E-state index in [0.29, 0.717) is 6.04 Å². The first-order valence-corrected chi connectivity index (χ1v) is 6.28. The highest BCUT2D eigenvalue weighted by atomic mass is 79.9. The minimum atomic E-state index is 0.529. The van der Waals surface area contributed by atoms with Crippen LogP contribution in [0.1, 0.15) is 32.8 Å². The Labute approximate surface area is 101 Å². The van der Waals surface area contributed by atoms with Crippen LogP contribution in [-0.4, -0.2) is 17.6 Å². The van der Waals surface area contributed by atoms with Crippen LogP contribution in [0, 0.1) is 6.92 Å². The summed E-state index contributed by atoms with van der Waals surface area (Å²) in [5.74, 6) is 1.05. The van der Waals surface area contributed by atoms with Crippen LogP contribution in [0.15, 0.2) is 16.7 Å². The zero-order chi connectivity index (χ0) is 11.4. The molecule has 84 valence electrons. The topological polar surface area (TPSA) is 16.1 Å². The molecule has 0 radical (unpaired) electrons. The van der Waals surface area contributed by atoms with E-state index in [1.807, 2.05) is 6.20 Å². The summed E-state index contributed by atoms with van der Waals surface area (Å²) in [5.41, 5.74) is 1.19. The van der Waals surface area contributed by atoms with Crippen molar-refractivity contribution in [2.24, 2.45) is 0 Å². The van der Waals surface area contributed by atoms with E-state index < -0.39 is 0 Å². The second-order valence-corrected chi connectivity index (χ2v) is 4.72. The van der Waals surface area contributed by atoms with Gasteiger partial charge < -0.3 is 4.90 Å². The summed E-state index contributed by atoms with van der Waals surface area (Å²) in [4.78, 5) is 6.82. The third kappa shape index (κ3) is 2.94. The highest BCUT2D eigenvalue weighted by Crippen LogP contribution is 2.26. The molecule has 1 aromatic heterocycles. The lowest BCUT2D eigenvalue weighted by molar-refractivity contribution is 0.622. The number of aromatic nitrogens is 1. The minimum absolute atomic E-state index is 0.529. The fourth-order valence-corrected chi connectivity index (χ4v) is 2.32. The van der Waals surface area contributed by atoms with Crippen LogP contribution in [-0.2, 0) is 0 Å². The summed E-state index contributed by atoms with van der Waals surface area (Å²) in [7, 11) is 0. The molecular formula is C12H19BrN2. The van der Waals surface area contributed by atoms with Gasteiger partial charge in [0.15, 0.2) is 0 Å². The second-order valence-electron chi connectivity index (χ2n) is 3.86. The van der Waals surface area contributed by atoms with Crippen LogP contribution < -0.4 is 4.90 Å². The standard InChI is InChI=1S/C12H19BrN2/c1-5-10(4)15(6-2)12-11(13)7-9(3)8-14-12/h7-8,10H,5-6H2,1-4H3. The fraction of sp³-hybridized carbons (Fsp3) is 0.583. The predicted octanol–water partition coefficient (Wildman–Crippen LogP) is 3.78. The van der Waals surface area contributed by atoms with Crippen molar-refractivity contribution in [1.82, 2.24) is 4.98 Å². The predicted molar refractivity (Wildman–Crippen MR) is 69.4 cm³/mol. The van der Waals surface area contributed by atoms with Gasteiger partial charge in [-0.1, -0.05) is 6.92 Å². The summed E-state index contributed by atoms with van der Waals surface area (Å²) in [6.07, 6.45) is 3.06. The molecule has 2 nitrogen and oxygen atoms in total. The number of aryl methyl sites for hydroxylation is 1. The van der Waals surface area contributed by atoms with Gasteiger partial charge in [0.2, 0.25) is 0 Å². The van der Waals surface area contributed by atoms with Crippen LogP contribution in [0.4, 0.5) is 5.82 Å². The van der Waals surface area contributed by atoms with Crippen molar-refractivity contribution in [2.75, 3.05) is 11.4 Å². The zero-order valence-electron chi connectivity index (χ0n) is 9.92. The van der Waals surface area contributed by atoms with Gasteiger partial charge in [-0.15, -0.1) is 0 Å². The second kappa shape index (κ2) is 5.50. The van der Waals surface area contributed by atoms with Crippen molar-refractivity contribution in [1.29, 1.82) is 0 Å². The smallest absolute Gasteiger partial charge is 0.143 e. The van der Waals surface area contributed by atoms with Crippen molar-refractivity contribution in [3.63, 3.8) is 0 Å². The molecule has 1 atom stereocenters. The molecule has 0 spiro atoms. The molecule has 3 heteroatoms. The molecule has 1 rings (SSSR count). The maximum Gasteiger partial charge on any atom is 0.143 e. The van der Waals surface area contributed by atoms with Gasteiger partial charge in [-0.3, -0.25) is 0 Å². The van der Waals surface area contributed by atoms with E-state index >= 15 is 0 Å². The maximum atomic E-state index is 4.50. The molecule has 0 bridgehead atoms. The largest absolute Gasteiger partial charge is 0.353 e. The Balaban J connectivity index is 3.01. The first kappa shape index (κ1) is 12.5. The number of anilines is 1. The monoisotopic (exact) mass is 270 g/mol. The van der Waals surface area contributed by atoms with Gasteiger partial charge >= 0.3 is 0 Å². The molecule has 1 heterocycles. The molecular weight excluding hydrogens is 252 g/mol. The Morgan fingerprint density at radius 1 is 1.47 bits per heavy atom. The van der Waals surface area contributed by atoms with Crippen LogP contribution in [0.3, 0.4) is 0 Å². The van der Waals surface area contributed by atoms with Crippen LogP contribution in [0.5, 0.6) is 0 Å². The zero-order valence-corrected chi connectivity index (χ0v) is 11.5. The van der Waals surface area contributed by atoms with Gasteiger partial charge in [-0.2, -0.15) is 0 Å². The summed E-state index contributed by atoms with van der Waals surface area (Å²) in [6, 6.07) is 2.65. The Bertz CT molecular complexity index is 325. The number of rotatable bonds is 4. The van der Waals surface area contributed by atoms with Crippen molar-refractivity contribution in [3.8, 4) is 0 Å². The molecule has 0 aliphatic carbocycles. The third-order valence-electron chi connectivity index (χ3n) is 2.69. The molecule has 0 fully saturated rings. The van der Waals surface area contributed by atoms with Gasteiger partial charge in [-0.05, 0) is 54.8 Å². The summed E-state index contributed by atoms with van der Waals surface area (Å²) in [6.45, 7) is 9.65. The van der Waals surface area contributed by atoms with E-state index in [0.717, 1.165) is 23.3 Å². The Kier molecular flexibility index (Phi) is 4.58. The average Bonchev–Trinajstić information content (AvgIpc) is 2.21. The molecule has 1 aromatic rings. The Hall–Kier alpha value is -0.570. The lowest BCUT2D eigenvalue weighted by Crippen LogP contribution is -2.33. The molecule has 0 N–H and O–H groups in total. The first-order chi connectivity index (χ1) is 7.10. The molecule has 0 aromatic carbocycles. The molecule has 15 heavy (non-hydrogen) atoms. The quantitative estimate of drug-likeness (QED) is 0.828. The molecule has 0 saturated carbocycles. The highest BCUT2D eigenvalue weighted by molar-refractivity contribution is 9.10. The Morgan fingerprint density at radius 2 is 2.13 bits per heavy atom. The summed E-state index contributed by atoms with van der Waals surface area (Å²) >= 11 is 3.58. The van der Waals surface area contributed by atoms with Crippen LogP contribution in [0.25, 0.3) is 0 Å². The summed E-state index contributed by atoms with van der Waals surface area (Å²) < 4.78 is 1.09. The van der Waals surface area contributed by atoms with Crippen molar-refractivity contribution in [2.45, 2.75) is 40.2 Å². The lowest BCUT2D eigenvalue weighted by atomic mass is 10.2. The van der Waals surface area contributed by atoms with E-state index in [2.05, 4.69) is 59.6 Å². The van der Waals surface area contributed by atoms with E-state index in [1.54, 1.807) is 0 Å². The molecule has 0 saturated heterocycles. The number of halogens is 1. The highest BCUT2D eigenvalue weighted by Gasteiger charge is 2.14. The number of pyridine rings is 1. The number of nitrogens with zero attached hydrogens (tertiary/aromatic N) is 2. The third-order valence-corrected chi connectivity index (χ3v) is 3.28. The van der Waals surface area contributed by atoms with E-state index in [4.69, 9.17) is 0 Å². The van der Waals surface area contributed by atoms with E-state index in [1.165, 1.54) is 5.56 Å². The first-order valence-electron chi connectivity index (χ1n) is 5.48. The lowest BCUT2D eigenvalue weighted by Gasteiger charge is -2.29. The van der Waals surface area contributed by atoms with E-state index in [9.17, 15) is 0 Å². The van der Waals surface area contributed by atoms with Crippen LogP contribution >= 0.6 is 15.9 Å². The molecule has 0 aliphatic heterocycles. The molecule has 1 unspecified atom stereocenters. The van der Waals surface area contributed by atoms with Gasteiger partial charge in [0.1, 0.15) is 5.82 Å². The van der Waals surface area contributed by atoms with Crippen molar-refractivity contribution < 1.29 is 0 Å². The number of hydrogen-bond acceptors (Lipinski definition) is 2. The van der Waals surface area contributed by atoms with Crippen molar-refractivity contribution >= 4 is 21.7 Å². The number of hydrogen-bond donors (Lipinski definition) is 0. The van der Waals surface area contributed by atoms with Crippen molar-refractivity contribution in [3.05, 3.63) is 22.3 Å². The normalized spacial score (nSPS) is 12.6. The average molecular weight is 271 g/mol. The van der Waals surface area contributed by atoms with Gasteiger partial charge in [0.05, 0.1) is 4.47 Å². The summed E-state index contributed by atoms with van der Waals surface area (Å²) in [5, 5.41) is 0.